The third-order valence-corrected chi connectivity index (χ3v) is 4.64. The molecule has 2 aromatic heterocycles. The zero-order valence-electron chi connectivity index (χ0n) is 15.7. The SMILES string of the molecule is CN=C(NCc1ccc(-n2ccnc2C)nc1)N(C)Cc1ccccc1Cl. The Hall–Kier alpha value is -2.86. The first-order valence-corrected chi connectivity index (χ1v) is 9.06. The minimum absolute atomic E-state index is 0.635. The van der Waals surface area contributed by atoms with Gasteiger partial charge in [-0.15, -0.1) is 0 Å². The molecular formula is C20H23ClN6. The summed E-state index contributed by atoms with van der Waals surface area (Å²) >= 11 is 6.26. The monoisotopic (exact) mass is 382 g/mol. The van der Waals surface area contributed by atoms with Crippen LogP contribution in [0.15, 0.2) is 60.0 Å². The van der Waals surface area contributed by atoms with Gasteiger partial charge in [0.2, 0.25) is 0 Å². The molecule has 0 unspecified atom stereocenters. The third kappa shape index (κ3) is 4.65. The van der Waals surface area contributed by atoms with Crippen LogP contribution in [0, 0.1) is 6.92 Å². The van der Waals surface area contributed by atoms with Crippen LogP contribution in [-0.2, 0) is 13.1 Å². The number of aliphatic imine (C=N–C) groups is 1. The molecule has 2 heterocycles. The normalized spacial score (nSPS) is 11.5. The van der Waals surface area contributed by atoms with Crippen molar-refractivity contribution in [3.05, 3.63) is 77.0 Å². The van der Waals surface area contributed by atoms with E-state index in [0.29, 0.717) is 13.1 Å². The molecule has 0 saturated heterocycles. The molecule has 0 aliphatic heterocycles. The first kappa shape index (κ1) is 18.9. The van der Waals surface area contributed by atoms with E-state index in [4.69, 9.17) is 11.6 Å². The van der Waals surface area contributed by atoms with E-state index in [1.165, 1.54) is 0 Å². The fourth-order valence-electron chi connectivity index (χ4n) is 2.81. The van der Waals surface area contributed by atoms with Crippen LogP contribution in [0.2, 0.25) is 5.02 Å². The number of nitrogens with zero attached hydrogens (tertiary/aromatic N) is 5. The number of hydrogen-bond acceptors (Lipinski definition) is 3. The second-order valence-electron chi connectivity index (χ2n) is 6.22. The number of pyridine rings is 1. The number of nitrogens with one attached hydrogen (secondary N) is 1. The number of benzene rings is 1. The Balaban J connectivity index is 1.61. The van der Waals surface area contributed by atoms with E-state index in [9.17, 15) is 0 Å². The zero-order valence-corrected chi connectivity index (χ0v) is 16.5. The van der Waals surface area contributed by atoms with Gasteiger partial charge in [-0.3, -0.25) is 9.56 Å². The molecule has 0 bridgehead atoms. The predicted molar refractivity (Wildman–Crippen MR) is 109 cm³/mol. The van der Waals surface area contributed by atoms with Crippen molar-refractivity contribution in [2.75, 3.05) is 14.1 Å². The van der Waals surface area contributed by atoms with Crippen molar-refractivity contribution in [1.82, 2.24) is 24.8 Å². The highest BCUT2D eigenvalue weighted by molar-refractivity contribution is 6.31. The molecule has 3 aromatic rings. The highest BCUT2D eigenvalue weighted by Crippen LogP contribution is 2.16. The highest BCUT2D eigenvalue weighted by Gasteiger charge is 2.09. The molecule has 3 rings (SSSR count). The summed E-state index contributed by atoms with van der Waals surface area (Å²) in [6.07, 6.45) is 5.54. The number of aromatic nitrogens is 3. The maximum Gasteiger partial charge on any atom is 0.193 e. The van der Waals surface area contributed by atoms with Crippen molar-refractivity contribution in [2.45, 2.75) is 20.0 Å². The number of imidazole rings is 1. The van der Waals surface area contributed by atoms with E-state index >= 15 is 0 Å². The summed E-state index contributed by atoms with van der Waals surface area (Å²) in [7, 11) is 3.76. The van der Waals surface area contributed by atoms with Gasteiger partial charge in [-0.2, -0.15) is 0 Å². The lowest BCUT2D eigenvalue weighted by Gasteiger charge is -2.22. The molecule has 1 N–H and O–H groups in total. The maximum absolute atomic E-state index is 6.26. The average Bonchev–Trinajstić information content (AvgIpc) is 3.10. The number of rotatable bonds is 5. The second-order valence-corrected chi connectivity index (χ2v) is 6.62. The summed E-state index contributed by atoms with van der Waals surface area (Å²) in [4.78, 5) is 15.1. The summed E-state index contributed by atoms with van der Waals surface area (Å²) < 4.78 is 1.95. The van der Waals surface area contributed by atoms with Gasteiger partial charge in [-0.25, -0.2) is 9.97 Å². The summed E-state index contributed by atoms with van der Waals surface area (Å²) in [5.41, 5.74) is 2.13. The van der Waals surface area contributed by atoms with E-state index in [0.717, 1.165) is 33.8 Å². The molecule has 27 heavy (non-hydrogen) atoms. The molecule has 0 amide bonds. The number of guanidine groups is 1. The molecule has 0 spiro atoms. The van der Waals surface area contributed by atoms with E-state index in [2.05, 4.69) is 26.3 Å². The summed E-state index contributed by atoms with van der Waals surface area (Å²) in [6, 6.07) is 11.9. The van der Waals surface area contributed by atoms with Gasteiger partial charge in [0, 0.05) is 50.8 Å². The molecular weight excluding hydrogens is 360 g/mol. The first-order chi connectivity index (χ1) is 13.1. The van der Waals surface area contributed by atoms with Gasteiger partial charge in [-0.1, -0.05) is 35.9 Å². The summed E-state index contributed by atoms with van der Waals surface area (Å²) in [5.74, 6) is 2.56. The van der Waals surface area contributed by atoms with Gasteiger partial charge in [0.05, 0.1) is 0 Å². The second kappa shape index (κ2) is 8.68. The molecule has 0 saturated carbocycles. The van der Waals surface area contributed by atoms with E-state index in [1.54, 1.807) is 13.2 Å². The minimum atomic E-state index is 0.635. The van der Waals surface area contributed by atoms with Gasteiger partial charge in [0.15, 0.2) is 5.96 Å². The topological polar surface area (TPSA) is 58.3 Å². The smallest absolute Gasteiger partial charge is 0.193 e. The van der Waals surface area contributed by atoms with Crippen LogP contribution < -0.4 is 5.32 Å². The van der Waals surface area contributed by atoms with Crippen LogP contribution in [0.1, 0.15) is 17.0 Å². The third-order valence-electron chi connectivity index (χ3n) is 4.27. The standard InChI is InChI=1S/C20H23ClN6/c1-15-23-10-11-27(15)19-9-8-16(12-24-19)13-25-20(22-2)26(3)14-17-6-4-5-7-18(17)21/h4-12H,13-14H2,1-3H3,(H,22,25). The Labute approximate surface area is 164 Å². The molecule has 7 heteroatoms. The molecule has 1 aromatic carbocycles. The van der Waals surface area contributed by atoms with Crippen molar-refractivity contribution in [1.29, 1.82) is 0 Å². The number of halogens is 1. The Morgan fingerprint density at radius 3 is 2.67 bits per heavy atom. The van der Waals surface area contributed by atoms with Crippen LogP contribution in [0.4, 0.5) is 0 Å². The van der Waals surface area contributed by atoms with Crippen molar-refractivity contribution in [2.24, 2.45) is 4.99 Å². The Morgan fingerprint density at radius 1 is 1.22 bits per heavy atom. The lowest BCUT2D eigenvalue weighted by Crippen LogP contribution is -2.38. The molecule has 0 fully saturated rings. The Morgan fingerprint density at radius 2 is 2.04 bits per heavy atom. The van der Waals surface area contributed by atoms with Crippen LogP contribution in [0.5, 0.6) is 0 Å². The van der Waals surface area contributed by atoms with Gasteiger partial charge in [-0.05, 0) is 30.2 Å². The molecule has 0 atom stereocenters. The Kier molecular flexibility index (Phi) is 6.08. The quantitative estimate of drug-likeness (QED) is 0.542. The fourth-order valence-corrected chi connectivity index (χ4v) is 3.00. The number of aryl methyl sites for hydroxylation is 1. The van der Waals surface area contributed by atoms with Gasteiger partial charge in [0.1, 0.15) is 11.6 Å². The summed E-state index contributed by atoms with van der Waals surface area (Å²) in [5, 5.41) is 4.12. The van der Waals surface area contributed by atoms with E-state index < -0.39 is 0 Å². The van der Waals surface area contributed by atoms with E-state index in [-0.39, 0.29) is 0 Å². The van der Waals surface area contributed by atoms with Crippen molar-refractivity contribution in [3.8, 4) is 5.82 Å². The van der Waals surface area contributed by atoms with Gasteiger partial charge in [0.25, 0.3) is 0 Å². The molecule has 0 aliphatic carbocycles. The maximum atomic E-state index is 6.26. The lowest BCUT2D eigenvalue weighted by molar-refractivity contribution is 0.476. The van der Waals surface area contributed by atoms with Crippen LogP contribution in [0.25, 0.3) is 5.82 Å². The summed E-state index contributed by atoms with van der Waals surface area (Å²) in [6.45, 7) is 3.27. The fraction of sp³-hybridized carbons (Fsp3) is 0.250. The molecule has 140 valence electrons. The molecule has 6 nitrogen and oxygen atoms in total. The van der Waals surface area contributed by atoms with Crippen molar-refractivity contribution < 1.29 is 0 Å². The van der Waals surface area contributed by atoms with Crippen LogP contribution in [-0.4, -0.2) is 39.5 Å². The van der Waals surface area contributed by atoms with E-state index in [1.807, 2.05) is 66.2 Å². The van der Waals surface area contributed by atoms with Crippen molar-refractivity contribution >= 4 is 17.6 Å². The van der Waals surface area contributed by atoms with Gasteiger partial charge < -0.3 is 10.2 Å². The average molecular weight is 383 g/mol. The molecule has 0 radical (unpaired) electrons. The van der Waals surface area contributed by atoms with Crippen LogP contribution in [0.3, 0.4) is 0 Å². The minimum Gasteiger partial charge on any atom is -0.352 e. The molecule has 0 aliphatic rings. The first-order valence-electron chi connectivity index (χ1n) is 8.69. The largest absolute Gasteiger partial charge is 0.352 e. The van der Waals surface area contributed by atoms with Crippen molar-refractivity contribution in [3.63, 3.8) is 0 Å². The lowest BCUT2D eigenvalue weighted by atomic mass is 10.2. The number of hydrogen-bond donors (Lipinski definition) is 1. The highest BCUT2D eigenvalue weighted by atomic mass is 35.5. The predicted octanol–water partition coefficient (Wildman–Crippen LogP) is 3.44. The van der Waals surface area contributed by atoms with Crippen LogP contribution >= 0.6 is 11.6 Å². The zero-order chi connectivity index (χ0) is 19.2. The van der Waals surface area contributed by atoms with Gasteiger partial charge >= 0.3 is 0 Å². The Bertz CT molecular complexity index is 916.